The van der Waals surface area contributed by atoms with Gasteiger partial charge in [-0.25, -0.2) is 9.69 Å². The third-order valence-electron chi connectivity index (χ3n) is 6.51. The summed E-state index contributed by atoms with van der Waals surface area (Å²) < 4.78 is 11.5. The molecule has 4 aromatic carbocycles. The number of nitrogens with one attached hydrogen (secondary N) is 1. The lowest BCUT2D eigenvalue weighted by Gasteiger charge is -2.22. The minimum Gasteiger partial charge on any atom is -0.488 e. The highest BCUT2D eigenvalue weighted by atomic mass is 16.6. The highest BCUT2D eigenvalue weighted by Gasteiger charge is 2.26. The Bertz CT molecular complexity index is 1340. The van der Waals surface area contributed by atoms with E-state index in [1.165, 1.54) is 10.5 Å². The molecule has 1 heterocycles. The maximum absolute atomic E-state index is 13.6. The summed E-state index contributed by atoms with van der Waals surface area (Å²) in [6.07, 6.45) is 0.912. The number of amides is 2. The predicted octanol–water partition coefficient (Wildman–Crippen LogP) is 5.60. The summed E-state index contributed by atoms with van der Waals surface area (Å²) in [7, 11) is 0. The molecule has 37 heavy (non-hydrogen) atoms. The molecule has 0 spiro atoms. The fraction of sp³-hybridized carbons (Fsp3) is 0.226. The molecule has 6 nitrogen and oxygen atoms in total. The zero-order valence-electron chi connectivity index (χ0n) is 20.6. The molecule has 1 atom stereocenters. The molecule has 0 aromatic heterocycles. The third-order valence-corrected chi connectivity index (χ3v) is 6.51. The van der Waals surface area contributed by atoms with E-state index in [9.17, 15) is 9.59 Å². The summed E-state index contributed by atoms with van der Waals surface area (Å²) in [6.45, 7) is 1.69. The number of fused-ring (bicyclic) bond motifs is 2. The number of hydrogen-bond donors (Lipinski definition) is 1. The van der Waals surface area contributed by atoms with E-state index in [2.05, 4.69) is 11.4 Å². The zero-order chi connectivity index (χ0) is 25.5. The quantitative estimate of drug-likeness (QED) is 0.307. The van der Waals surface area contributed by atoms with Crippen LogP contribution in [0.5, 0.6) is 5.75 Å². The molecule has 0 saturated carbocycles. The fourth-order valence-corrected chi connectivity index (χ4v) is 4.62. The van der Waals surface area contributed by atoms with Crippen molar-refractivity contribution < 1.29 is 19.1 Å². The van der Waals surface area contributed by atoms with Crippen LogP contribution in [-0.2, 0) is 17.8 Å². The Morgan fingerprint density at radius 2 is 1.65 bits per heavy atom. The van der Waals surface area contributed by atoms with Gasteiger partial charge in [-0.1, -0.05) is 84.9 Å². The van der Waals surface area contributed by atoms with Crippen molar-refractivity contribution in [2.75, 3.05) is 19.6 Å². The Hall–Kier alpha value is -4.16. The summed E-state index contributed by atoms with van der Waals surface area (Å²) >= 11 is 0. The first kappa shape index (κ1) is 24.5. The van der Waals surface area contributed by atoms with Crippen LogP contribution >= 0.6 is 0 Å². The largest absolute Gasteiger partial charge is 0.488 e. The molecule has 0 saturated heterocycles. The molecule has 1 unspecified atom stereocenters. The number of imide groups is 1. The van der Waals surface area contributed by atoms with Gasteiger partial charge < -0.3 is 14.8 Å². The van der Waals surface area contributed by atoms with Crippen LogP contribution in [0, 0.1) is 0 Å². The van der Waals surface area contributed by atoms with Crippen LogP contribution < -0.4 is 10.1 Å². The van der Waals surface area contributed by atoms with E-state index in [0.717, 1.165) is 28.5 Å². The highest BCUT2D eigenvalue weighted by Crippen LogP contribution is 2.27. The molecular formula is C31H30N2O4. The molecule has 0 aliphatic carbocycles. The summed E-state index contributed by atoms with van der Waals surface area (Å²) in [6, 6.07) is 30.8. The van der Waals surface area contributed by atoms with Gasteiger partial charge in [0.25, 0.3) is 5.91 Å². The molecule has 6 heteroatoms. The number of carbonyl (C=O) groups is 2. The average molecular weight is 495 g/mol. The molecule has 1 aliphatic rings. The monoisotopic (exact) mass is 494 g/mol. The van der Waals surface area contributed by atoms with E-state index in [1.807, 2.05) is 84.9 Å². The van der Waals surface area contributed by atoms with Gasteiger partial charge in [0, 0.05) is 25.1 Å². The van der Waals surface area contributed by atoms with Crippen molar-refractivity contribution in [3.63, 3.8) is 0 Å². The molecule has 4 aromatic rings. The minimum atomic E-state index is -0.642. The Kier molecular flexibility index (Phi) is 7.77. The summed E-state index contributed by atoms with van der Waals surface area (Å²) in [5.41, 5.74) is 2.58. The Morgan fingerprint density at radius 3 is 2.51 bits per heavy atom. The lowest BCUT2D eigenvalue weighted by molar-refractivity contribution is 0.0641. The van der Waals surface area contributed by atoms with E-state index in [4.69, 9.17) is 9.47 Å². The van der Waals surface area contributed by atoms with E-state index in [1.54, 1.807) is 6.07 Å². The van der Waals surface area contributed by atoms with Crippen LogP contribution in [-0.4, -0.2) is 42.6 Å². The first-order chi connectivity index (χ1) is 18.2. The maximum atomic E-state index is 13.6. The first-order valence-electron chi connectivity index (χ1n) is 12.6. The molecule has 188 valence electrons. The van der Waals surface area contributed by atoms with Crippen LogP contribution in [0.15, 0.2) is 97.1 Å². The minimum absolute atomic E-state index is 0.0849. The topological polar surface area (TPSA) is 67.9 Å². The first-order valence-corrected chi connectivity index (χ1v) is 12.6. The molecule has 0 fully saturated rings. The average Bonchev–Trinajstić information content (AvgIpc) is 3.36. The van der Waals surface area contributed by atoms with Gasteiger partial charge in [0.1, 0.15) is 18.5 Å². The van der Waals surface area contributed by atoms with Crippen molar-refractivity contribution in [1.29, 1.82) is 0 Å². The number of nitrogens with zero attached hydrogens (tertiary/aromatic N) is 1. The van der Waals surface area contributed by atoms with Gasteiger partial charge in [-0.2, -0.15) is 0 Å². The number of carbonyl (C=O) groups excluding carboxylic acids is 2. The van der Waals surface area contributed by atoms with Crippen molar-refractivity contribution in [3.8, 4) is 5.75 Å². The highest BCUT2D eigenvalue weighted by molar-refractivity contribution is 6.11. The molecule has 0 bridgehead atoms. The number of para-hydroxylation sites is 1. The van der Waals surface area contributed by atoms with E-state index in [0.29, 0.717) is 25.1 Å². The van der Waals surface area contributed by atoms with Crippen molar-refractivity contribution in [2.24, 2.45) is 0 Å². The summed E-state index contributed by atoms with van der Waals surface area (Å²) in [5.74, 6) is 0.590. The molecule has 1 aliphatic heterocycles. The number of rotatable bonds is 9. The van der Waals surface area contributed by atoms with Gasteiger partial charge in [-0.05, 0) is 47.0 Å². The lowest BCUT2D eigenvalue weighted by atomic mass is 10.0. The second-order valence-electron chi connectivity index (χ2n) is 9.13. The van der Waals surface area contributed by atoms with Crippen LogP contribution in [0.2, 0.25) is 0 Å². The summed E-state index contributed by atoms with van der Waals surface area (Å²) in [5, 5.41) is 5.17. The van der Waals surface area contributed by atoms with Crippen LogP contribution in [0.3, 0.4) is 0 Å². The lowest BCUT2D eigenvalue weighted by Crippen LogP contribution is -2.39. The molecule has 5 rings (SSSR count). The Morgan fingerprint density at radius 1 is 0.892 bits per heavy atom. The maximum Gasteiger partial charge on any atom is 0.417 e. The van der Waals surface area contributed by atoms with Crippen LogP contribution in [0.25, 0.3) is 10.8 Å². The van der Waals surface area contributed by atoms with Crippen molar-refractivity contribution in [3.05, 3.63) is 114 Å². The van der Waals surface area contributed by atoms with Gasteiger partial charge >= 0.3 is 6.09 Å². The number of hydrogen-bond acceptors (Lipinski definition) is 5. The SMILES string of the molecule is O=C(OCc1ccccc1)N(CCCNCC1Cc2ccccc2O1)C(=O)c1cccc2ccccc12. The molecule has 1 N–H and O–H groups in total. The van der Waals surface area contributed by atoms with Gasteiger partial charge in [-0.15, -0.1) is 0 Å². The standard InChI is InChI=1S/C31H30N2O4/c34-30(28-16-8-14-24-12-4-6-15-27(24)28)33(31(35)36-22-23-10-2-1-3-11-23)19-9-18-32-21-26-20-25-13-5-7-17-29(25)37-26/h1-8,10-17,26,32H,9,18-22H2. The molecule has 2 amide bonds. The van der Waals surface area contributed by atoms with Gasteiger partial charge in [0.2, 0.25) is 0 Å². The fourth-order valence-electron chi connectivity index (χ4n) is 4.62. The molecule has 0 radical (unpaired) electrons. The van der Waals surface area contributed by atoms with Crippen LogP contribution in [0.4, 0.5) is 4.79 Å². The normalized spacial score (nSPS) is 14.1. The van der Waals surface area contributed by atoms with E-state index >= 15 is 0 Å². The van der Waals surface area contributed by atoms with Crippen molar-refractivity contribution >= 4 is 22.8 Å². The second-order valence-corrected chi connectivity index (χ2v) is 9.13. The predicted molar refractivity (Wildman–Crippen MR) is 144 cm³/mol. The third kappa shape index (κ3) is 5.98. The smallest absolute Gasteiger partial charge is 0.417 e. The Labute approximate surface area is 216 Å². The van der Waals surface area contributed by atoms with Crippen molar-refractivity contribution in [1.82, 2.24) is 10.2 Å². The second kappa shape index (κ2) is 11.7. The van der Waals surface area contributed by atoms with Gasteiger partial charge in [-0.3, -0.25) is 4.79 Å². The van der Waals surface area contributed by atoms with Gasteiger partial charge in [0.15, 0.2) is 0 Å². The van der Waals surface area contributed by atoms with E-state index < -0.39 is 6.09 Å². The molecular weight excluding hydrogens is 464 g/mol. The van der Waals surface area contributed by atoms with Crippen molar-refractivity contribution in [2.45, 2.75) is 25.6 Å². The number of benzene rings is 4. The van der Waals surface area contributed by atoms with Gasteiger partial charge in [0.05, 0.1) is 0 Å². The summed E-state index contributed by atoms with van der Waals surface area (Å²) in [4.78, 5) is 27.9. The number of ether oxygens (including phenoxy) is 2. The van der Waals surface area contributed by atoms with E-state index in [-0.39, 0.29) is 25.2 Å². The van der Waals surface area contributed by atoms with Crippen LogP contribution in [0.1, 0.15) is 27.9 Å². The zero-order valence-corrected chi connectivity index (χ0v) is 20.6. The Balaban J connectivity index is 1.21.